The molecule has 80 valence electrons. The van der Waals surface area contributed by atoms with Crippen LogP contribution in [-0.2, 0) is 5.41 Å². The highest BCUT2D eigenvalue weighted by atomic mass is 16.2. The van der Waals surface area contributed by atoms with Crippen LogP contribution in [0.5, 0.6) is 0 Å². The zero-order chi connectivity index (χ0) is 10.9. The summed E-state index contributed by atoms with van der Waals surface area (Å²) < 4.78 is 0. The molecule has 1 fully saturated rings. The van der Waals surface area contributed by atoms with E-state index in [2.05, 4.69) is 17.6 Å². The molecule has 1 aromatic rings. The summed E-state index contributed by atoms with van der Waals surface area (Å²) >= 11 is 0. The van der Waals surface area contributed by atoms with Gasteiger partial charge in [0.1, 0.15) is 0 Å². The van der Waals surface area contributed by atoms with Crippen molar-refractivity contribution < 1.29 is 4.79 Å². The fourth-order valence-corrected chi connectivity index (χ4v) is 1.79. The SMILES string of the molecule is CC1(c2cccc(N)c2)CNC(=O)NC1. The summed E-state index contributed by atoms with van der Waals surface area (Å²) in [5.74, 6) is 0. The number of nitrogens with two attached hydrogens (primary N) is 1. The highest BCUT2D eigenvalue weighted by Gasteiger charge is 2.31. The second-order valence-electron chi connectivity index (χ2n) is 4.22. The molecule has 0 radical (unpaired) electrons. The largest absolute Gasteiger partial charge is 0.399 e. The van der Waals surface area contributed by atoms with E-state index < -0.39 is 0 Å². The highest BCUT2D eigenvalue weighted by molar-refractivity contribution is 5.75. The fourth-order valence-electron chi connectivity index (χ4n) is 1.79. The normalized spacial score (nSPS) is 19.1. The molecule has 0 atom stereocenters. The molecule has 1 aromatic carbocycles. The molecule has 0 saturated carbocycles. The molecule has 2 amide bonds. The van der Waals surface area contributed by atoms with Gasteiger partial charge in [-0.1, -0.05) is 19.1 Å². The quantitative estimate of drug-likeness (QED) is 0.595. The van der Waals surface area contributed by atoms with Crippen LogP contribution in [0.15, 0.2) is 24.3 Å². The van der Waals surface area contributed by atoms with Crippen molar-refractivity contribution in [2.24, 2.45) is 0 Å². The number of hydrogen-bond acceptors (Lipinski definition) is 2. The monoisotopic (exact) mass is 205 g/mol. The molecular formula is C11H15N3O. The maximum absolute atomic E-state index is 11.0. The van der Waals surface area contributed by atoms with Gasteiger partial charge in [0.25, 0.3) is 0 Å². The van der Waals surface area contributed by atoms with Crippen molar-refractivity contribution >= 4 is 11.7 Å². The molecular weight excluding hydrogens is 190 g/mol. The van der Waals surface area contributed by atoms with E-state index in [1.54, 1.807) is 0 Å². The Labute approximate surface area is 88.9 Å². The molecule has 1 heterocycles. The summed E-state index contributed by atoms with van der Waals surface area (Å²) in [6.07, 6.45) is 0. The van der Waals surface area contributed by atoms with Gasteiger partial charge in [-0.3, -0.25) is 0 Å². The topological polar surface area (TPSA) is 67.1 Å². The van der Waals surface area contributed by atoms with Gasteiger partial charge in [-0.25, -0.2) is 4.79 Å². The Morgan fingerprint density at radius 3 is 2.60 bits per heavy atom. The van der Waals surface area contributed by atoms with E-state index >= 15 is 0 Å². The molecule has 4 heteroatoms. The molecule has 0 aromatic heterocycles. The average Bonchev–Trinajstić information content (AvgIpc) is 2.23. The second-order valence-corrected chi connectivity index (χ2v) is 4.22. The van der Waals surface area contributed by atoms with E-state index in [0.29, 0.717) is 13.1 Å². The smallest absolute Gasteiger partial charge is 0.314 e. The number of carbonyl (C=O) groups is 1. The van der Waals surface area contributed by atoms with Gasteiger partial charge in [0.15, 0.2) is 0 Å². The number of hydrogen-bond donors (Lipinski definition) is 3. The minimum absolute atomic E-state index is 0.0801. The van der Waals surface area contributed by atoms with Crippen LogP contribution in [0, 0.1) is 0 Å². The third-order valence-electron chi connectivity index (χ3n) is 2.86. The van der Waals surface area contributed by atoms with Gasteiger partial charge in [0, 0.05) is 24.2 Å². The van der Waals surface area contributed by atoms with Crippen molar-refractivity contribution in [3.8, 4) is 0 Å². The molecule has 0 bridgehead atoms. The first kappa shape index (κ1) is 9.83. The first-order valence-corrected chi connectivity index (χ1v) is 4.98. The van der Waals surface area contributed by atoms with E-state index in [1.165, 1.54) is 0 Å². The first-order chi connectivity index (χ1) is 7.10. The van der Waals surface area contributed by atoms with Gasteiger partial charge in [-0.05, 0) is 17.7 Å². The minimum atomic E-state index is -0.101. The maximum atomic E-state index is 11.0. The van der Waals surface area contributed by atoms with E-state index in [9.17, 15) is 4.79 Å². The van der Waals surface area contributed by atoms with Crippen LogP contribution in [0.4, 0.5) is 10.5 Å². The number of rotatable bonds is 1. The van der Waals surface area contributed by atoms with Crippen molar-refractivity contribution in [1.82, 2.24) is 10.6 Å². The van der Waals surface area contributed by atoms with Gasteiger partial charge >= 0.3 is 6.03 Å². The molecule has 15 heavy (non-hydrogen) atoms. The van der Waals surface area contributed by atoms with Gasteiger partial charge in [0.05, 0.1) is 0 Å². The zero-order valence-electron chi connectivity index (χ0n) is 8.71. The van der Waals surface area contributed by atoms with Crippen LogP contribution in [-0.4, -0.2) is 19.1 Å². The Kier molecular flexibility index (Phi) is 2.26. The summed E-state index contributed by atoms with van der Waals surface area (Å²) in [5.41, 5.74) is 7.57. The lowest BCUT2D eigenvalue weighted by Crippen LogP contribution is -2.55. The van der Waals surface area contributed by atoms with Crippen molar-refractivity contribution in [3.05, 3.63) is 29.8 Å². The van der Waals surface area contributed by atoms with E-state index in [-0.39, 0.29) is 11.4 Å². The Morgan fingerprint density at radius 2 is 2.00 bits per heavy atom. The fraction of sp³-hybridized carbons (Fsp3) is 0.364. The molecule has 0 unspecified atom stereocenters. The van der Waals surface area contributed by atoms with Crippen LogP contribution in [0.2, 0.25) is 0 Å². The molecule has 4 N–H and O–H groups in total. The lowest BCUT2D eigenvalue weighted by molar-refractivity contribution is 0.225. The van der Waals surface area contributed by atoms with Crippen LogP contribution in [0.1, 0.15) is 12.5 Å². The lowest BCUT2D eigenvalue weighted by Gasteiger charge is -2.34. The van der Waals surface area contributed by atoms with Gasteiger partial charge in [0.2, 0.25) is 0 Å². The van der Waals surface area contributed by atoms with Crippen molar-refractivity contribution in [2.45, 2.75) is 12.3 Å². The van der Waals surface area contributed by atoms with Gasteiger partial charge < -0.3 is 16.4 Å². The zero-order valence-corrected chi connectivity index (χ0v) is 8.71. The van der Waals surface area contributed by atoms with Gasteiger partial charge in [-0.2, -0.15) is 0 Å². The molecule has 0 aliphatic carbocycles. The number of benzene rings is 1. The summed E-state index contributed by atoms with van der Waals surface area (Å²) in [7, 11) is 0. The summed E-state index contributed by atoms with van der Waals surface area (Å²) in [5, 5.41) is 5.60. The third kappa shape index (κ3) is 1.88. The van der Waals surface area contributed by atoms with Crippen LogP contribution in [0.3, 0.4) is 0 Å². The number of carbonyl (C=O) groups excluding carboxylic acids is 1. The van der Waals surface area contributed by atoms with Crippen LogP contribution >= 0.6 is 0 Å². The number of urea groups is 1. The van der Waals surface area contributed by atoms with Crippen LogP contribution < -0.4 is 16.4 Å². The van der Waals surface area contributed by atoms with E-state index in [0.717, 1.165) is 11.3 Å². The molecule has 1 aliphatic heterocycles. The Balaban J connectivity index is 2.25. The molecule has 0 spiro atoms. The molecule has 1 saturated heterocycles. The van der Waals surface area contributed by atoms with Crippen molar-refractivity contribution in [3.63, 3.8) is 0 Å². The van der Waals surface area contributed by atoms with Crippen molar-refractivity contribution in [1.29, 1.82) is 0 Å². The Morgan fingerprint density at radius 1 is 1.33 bits per heavy atom. The van der Waals surface area contributed by atoms with E-state index in [1.807, 2.05) is 24.3 Å². The molecule has 2 rings (SSSR count). The molecule has 4 nitrogen and oxygen atoms in total. The number of nitrogens with one attached hydrogen (secondary N) is 2. The number of anilines is 1. The van der Waals surface area contributed by atoms with Gasteiger partial charge in [-0.15, -0.1) is 0 Å². The Hall–Kier alpha value is -1.71. The number of nitrogen functional groups attached to an aromatic ring is 1. The standard InChI is InChI=1S/C11H15N3O/c1-11(6-13-10(15)14-7-11)8-3-2-4-9(12)5-8/h2-5H,6-7,12H2,1H3,(H2,13,14,15). The van der Waals surface area contributed by atoms with Crippen molar-refractivity contribution in [2.75, 3.05) is 18.8 Å². The lowest BCUT2D eigenvalue weighted by atomic mass is 9.81. The first-order valence-electron chi connectivity index (χ1n) is 4.98. The maximum Gasteiger partial charge on any atom is 0.314 e. The summed E-state index contributed by atoms with van der Waals surface area (Å²) in [4.78, 5) is 11.0. The van der Waals surface area contributed by atoms with E-state index in [4.69, 9.17) is 5.73 Å². The summed E-state index contributed by atoms with van der Waals surface area (Å²) in [6.45, 7) is 3.39. The highest BCUT2D eigenvalue weighted by Crippen LogP contribution is 2.25. The predicted octanol–water partition coefficient (Wildman–Crippen LogP) is 0.839. The molecule has 1 aliphatic rings. The predicted molar refractivity (Wildman–Crippen MR) is 59.6 cm³/mol. The third-order valence-corrected chi connectivity index (χ3v) is 2.86. The number of amides is 2. The van der Waals surface area contributed by atoms with Crippen LogP contribution in [0.25, 0.3) is 0 Å². The second kappa shape index (κ2) is 3.46. The minimum Gasteiger partial charge on any atom is -0.399 e. The summed E-state index contributed by atoms with van der Waals surface area (Å²) in [6, 6.07) is 7.69. The Bertz CT molecular complexity index is 379. The average molecular weight is 205 g/mol.